The van der Waals surface area contributed by atoms with Crippen LogP contribution in [-0.4, -0.2) is 46.2 Å². The minimum absolute atomic E-state index is 0.139. The lowest BCUT2D eigenvalue weighted by molar-refractivity contribution is 0.0998. The lowest BCUT2D eigenvalue weighted by Gasteiger charge is -2.29. The highest BCUT2D eigenvalue weighted by Gasteiger charge is 2.27. The highest BCUT2D eigenvalue weighted by atomic mass is 16.5. The molecule has 1 fully saturated rings. The van der Waals surface area contributed by atoms with Crippen molar-refractivity contribution in [2.75, 3.05) is 31.1 Å². The second-order valence-corrected chi connectivity index (χ2v) is 10.1. The van der Waals surface area contributed by atoms with E-state index in [1.54, 1.807) is 51.7 Å². The summed E-state index contributed by atoms with van der Waals surface area (Å²) in [6, 6.07) is 25.9. The van der Waals surface area contributed by atoms with Crippen molar-refractivity contribution in [2.45, 2.75) is 13.1 Å². The van der Waals surface area contributed by atoms with Crippen LogP contribution in [0.1, 0.15) is 27.0 Å². The number of nitriles is 1. The summed E-state index contributed by atoms with van der Waals surface area (Å²) < 4.78 is 9.70. The number of nitrogens with zero attached hydrogens (tertiary/aromatic N) is 5. The van der Waals surface area contributed by atoms with Gasteiger partial charge < -0.3 is 20.7 Å². The van der Waals surface area contributed by atoms with Crippen molar-refractivity contribution in [2.24, 2.45) is 5.73 Å². The van der Waals surface area contributed by atoms with Crippen molar-refractivity contribution in [1.82, 2.24) is 19.4 Å². The highest BCUT2D eigenvalue weighted by Crippen LogP contribution is 2.36. The van der Waals surface area contributed by atoms with E-state index in [4.69, 9.17) is 15.5 Å². The number of pyridine rings is 1. The number of primary amides is 1. The number of aromatic nitrogens is 3. The number of carbonyl (C=O) groups excluding carboxylic acids is 1. The average Bonchev–Trinajstić information content (AvgIpc) is 3.29. The van der Waals surface area contributed by atoms with Crippen molar-refractivity contribution >= 4 is 22.8 Å². The third kappa shape index (κ3) is 5.09. The number of hydrogen-bond donors (Lipinski definition) is 2. The Morgan fingerprint density at radius 1 is 0.905 bits per heavy atom. The van der Waals surface area contributed by atoms with E-state index < -0.39 is 5.91 Å². The van der Waals surface area contributed by atoms with Gasteiger partial charge in [0.1, 0.15) is 16.8 Å². The van der Waals surface area contributed by atoms with E-state index in [9.17, 15) is 14.9 Å². The first-order chi connectivity index (χ1) is 20.5. The molecular weight excluding hydrogens is 530 g/mol. The zero-order valence-electron chi connectivity index (χ0n) is 22.9. The van der Waals surface area contributed by atoms with Crippen LogP contribution in [0.4, 0.5) is 5.82 Å². The summed E-state index contributed by atoms with van der Waals surface area (Å²) in [6.45, 7) is 3.45. The van der Waals surface area contributed by atoms with Gasteiger partial charge in [0.05, 0.1) is 36.5 Å². The number of anilines is 1. The molecule has 0 aliphatic carbocycles. The van der Waals surface area contributed by atoms with E-state index in [2.05, 4.69) is 16.3 Å². The molecule has 0 saturated carbocycles. The molecule has 0 bridgehead atoms. The maximum absolute atomic E-state index is 14.4. The molecule has 3 aromatic carbocycles. The fourth-order valence-electron chi connectivity index (χ4n) is 5.37. The lowest BCUT2D eigenvalue weighted by atomic mass is 10.1. The maximum Gasteiger partial charge on any atom is 0.329 e. The standard InChI is InChI=1S/C32H29N7O3/c33-18-23-10-4-5-11-24(23)21-39-28-27(42-26-13-7-6-12-25(26)30(34)40)19-36-31(37-16-14-35-15-17-37)29(28)38(32(39)41)20-22-8-2-1-3-9-22/h1-13,19,35H,14-17,20-21H2,(H2,34,40). The van der Waals surface area contributed by atoms with Crippen molar-refractivity contribution in [3.05, 3.63) is 118 Å². The van der Waals surface area contributed by atoms with Gasteiger partial charge >= 0.3 is 5.69 Å². The largest absolute Gasteiger partial charge is 0.453 e. The van der Waals surface area contributed by atoms with Gasteiger partial charge in [0.25, 0.3) is 5.91 Å². The van der Waals surface area contributed by atoms with Crippen LogP contribution in [0.3, 0.4) is 0 Å². The van der Waals surface area contributed by atoms with Crippen molar-refractivity contribution in [1.29, 1.82) is 5.26 Å². The zero-order chi connectivity index (χ0) is 29.1. The number of hydrogen-bond acceptors (Lipinski definition) is 7. The Bertz CT molecular complexity index is 1870. The number of ether oxygens (including phenoxy) is 1. The molecule has 0 atom stereocenters. The van der Waals surface area contributed by atoms with Gasteiger partial charge in [0, 0.05) is 26.2 Å². The topological polar surface area (TPSA) is 131 Å². The summed E-state index contributed by atoms with van der Waals surface area (Å²) in [5, 5.41) is 13.2. The highest BCUT2D eigenvalue weighted by molar-refractivity contribution is 5.96. The van der Waals surface area contributed by atoms with Crippen molar-refractivity contribution < 1.29 is 9.53 Å². The summed E-state index contributed by atoms with van der Waals surface area (Å²) in [5.74, 6) is 0.600. The summed E-state index contributed by atoms with van der Waals surface area (Å²) in [5.41, 5.74) is 8.86. The molecule has 1 aliphatic heterocycles. The Hall–Kier alpha value is -5.40. The van der Waals surface area contributed by atoms with Crippen LogP contribution in [0.2, 0.25) is 0 Å². The van der Waals surface area contributed by atoms with E-state index in [0.717, 1.165) is 31.7 Å². The number of piperazine rings is 1. The number of amides is 1. The molecule has 1 saturated heterocycles. The number of carbonyl (C=O) groups is 1. The minimum atomic E-state index is -0.630. The van der Waals surface area contributed by atoms with Crippen LogP contribution in [0, 0.1) is 11.3 Å². The average molecular weight is 560 g/mol. The third-order valence-corrected chi connectivity index (χ3v) is 7.41. The molecule has 6 rings (SSSR count). The Balaban J connectivity index is 1.63. The molecule has 2 aromatic heterocycles. The number of imidazole rings is 1. The van der Waals surface area contributed by atoms with E-state index in [1.807, 2.05) is 42.5 Å². The molecule has 1 aliphatic rings. The molecule has 10 nitrogen and oxygen atoms in total. The van der Waals surface area contributed by atoms with E-state index >= 15 is 0 Å². The van der Waals surface area contributed by atoms with E-state index in [-0.39, 0.29) is 23.5 Å². The number of rotatable bonds is 8. The predicted octanol–water partition coefficient (Wildman–Crippen LogP) is 3.47. The molecule has 0 unspecified atom stereocenters. The molecule has 210 valence electrons. The van der Waals surface area contributed by atoms with E-state index in [0.29, 0.717) is 40.3 Å². The first kappa shape index (κ1) is 26.8. The Morgan fingerprint density at radius 2 is 1.60 bits per heavy atom. The van der Waals surface area contributed by atoms with Crippen LogP contribution >= 0.6 is 0 Å². The second kappa shape index (κ2) is 11.6. The van der Waals surface area contributed by atoms with Gasteiger partial charge in [0.2, 0.25) is 0 Å². The van der Waals surface area contributed by atoms with Gasteiger partial charge in [-0.15, -0.1) is 0 Å². The monoisotopic (exact) mass is 559 g/mol. The molecular formula is C32H29N7O3. The quantitative estimate of drug-likeness (QED) is 0.298. The third-order valence-electron chi connectivity index (χ3n) is 7.41. The fourth-order valence-corrected chi connectivity index (χ4v) is 5.37. The first-order valence-electron chi connectivity index (χ1n) is 13.7. The van der Waals surface area contributed by atoms with Crippen LogP contribution in [0.15, 0.2) is 89.9 Å². The van der Waals surface area contributed by atoms with Crippen molar-refractivity contribution in [3.8, 4) is 17.6 Å². The van der Waals surface area contributed by atoms with Crippen molar-refractivity contribution in [3.63, 3.8) is 0 Å². The zero-order valence-corrected chi connectivity index (χ0v) is 22.9. The Kier molecular flexibility index (Phi) is 7.41. The molecule has 10 heteroatoms. The Morgan fingerprint density at radius 3 is 2.36 bits per heavy atom. The molecule has 0 spiro atoms. The number of nitrogens with one attached hydrogen (secondary N) is 1. The molecule has 1 amide bonds. The Labute approximate surface area is 242 Å². The summed E-state index contributed by atoms with van der Waals surface area (Å²) in [6.07, 6.45) is 1.59. The van der Waals surface area contributed by atoms with Gasteiger partial charge in [-0.1, -0.05) is 60.7 Å². The molecule has 3 N–H and O–H groups in total. The van der Waals surface area contributed by atoms with Crippen LogP contribution in [-0.2, 0) is 13.1 Å². The van der Waals surface area contributed by atoms with Gasteiger partial charge in [-0.3, -0.25) is 13.9 Å². The van der Waals surface area contributed by atoms with Crippen LogP contribution in [0.5, 0.6) is 11.5 Å². The first-order valence-corrected chi connectivity index (χ1v) is 13.7. The SMILES string of the molecule is N#Cc1ccccc1Cn1c(=O)n(Cc2ccccc2)c2c(N3CCNCC3)ncc(Oc3ccccc3C(N)=O)c21. The van der Waals surface area contributed by atoms with E-state index in [1.165, 1.54) is 0 Å². The summed E-state index contributed by atoms with van der Waals surface area (Å²) in [4.78, 5) is 33.6. The number of nitrogens with two attached hydrogens (primary N) is 1. The van der Waals surface area contributed by atoms with Crippen LogP contribution < -0.4 is 26.4 Å². The lowest BCUT2D eigenvalue weighted by Crippen LogP contribution is -2.44. The number of benzene rings is 3. The summed E-state index contributed by atoms with van der Waals surface area (Å²) >= 11 is 0. The molecule has 0 radical (unpaired) electrons. The number of fused-ring (bicyclic) bond motifs is 1. The fraction of sp³-hybridized carbons (Fsp3) is 0.188. The smallest absolute Gasteiger partial charge is 0.329 e. The van der Waals surface area contributed by atoms with Crippen LogP contribution in [0.25, 0.3) is 11.0 Å². The van der Waals surface area contributed by atoms with Gasteiger partial charge in [-0.2, -0.15) is 5.26 Å². The molecule has 42 heavy (non-hydrogen) atoms. The summed E-state index contributed by atoms with van der Waals surface area (Å²) in [7, 11) is 0. The molecule has 5 aromatic rings. The van der Waals surface area contributed by atoms with Gasteiger partial charge in [-0.05, 0) is 29.3 Å². The number of para-hydroxylation sites is 1. The predicted molar refractivity (Wildman–Crippen MR) is 160 cm³/mol. The van der Waals surface area contributed by atoms with Gasteiger partial charge in [0.15, 0.2) is 11.6 Å². The van der Waals surface area contributed by atoms with Gasteiger partial charge in [-0.25, -0.2) is 9.78 Å². The second-order valence-electron chi connectivity index (χ2n) is 10.1. The molecule has 3 heterocycles. The maximum atomic E-state index is 14.4. The normalized spacial score (nSPS) is 13.2. The minimum Gasteiger partial charge on any atom is -0.453 e.